The lowest BCUT2D eigenvalue weighted by atomic mass is 9.87. The molecule has 0 spiro atoms. The lowest BCUT2D eigenvalue weighted by molar-refractivity contribution is -0.141. The molecule has 4 rings (SSSR count). The van der Waals surface area contributed by atoms with Gasteiger partial charge < -0.3 is 10.4 Å². The zero-order chi connectivity index (χ0) is 22.9. The lowest BCUT2D eigenvalue weighted by Crippen LogP contribution is -2.20. The molecule has 2 aromatic heterocycles. The molecule has 1 aromatic carbocycles. The quantitative estimate of drug-likeness (QED) is 0.579. The molecule has 1 aliphatic carbocycles. The number of alkyl halides is 3. The summed E-state index contributed by atoms with van der Waals surface area (Å²) in [5, 5.41) is 17.6. The Morgan fingerprint density at radius 2 is 1.97 bits per heavy atom. The van der Waals surface area contributed by atoms with Crippen molar-refractivity contribution in [2.24, 2.45) is 5.92 Å². The molecule has 0 bridgehead atoms. The number of aliphatic hydroxyl groups is 1. The number of nitrogens with one attached hydrogen (secondary N) is 1. The molecule has 3 aromatic rings. The van der Waals surface area contributed by atoms with E-state index in [9.17, 15) is 23.1 Å². The number of aliphatic hydroxyl groups excluding tert-OH is 1. The highest BCUT2D eigenvalue weighted by Gasteiger charge is 2.33. The van der Waals surface area contributed by atoms with Gasteiger partial charge in [-0.25, -0.2) is 4.98 Å². The molecular weight excluding hydrogens is 421 g/mol. The van der Waals surface area contributed by atoms with Gasteiger partial charge >= 0.3 is 6.18 Å². The molecule has 0 saturated heterocycles. The second-order valence-corrected chi connectivity index (χ2v) is 8.25. The van der Waals surface area contributed by atoms with Gasteiger partial charge in [0.05, 0.1) is 11.6 Å². The van der Waals surface area contributed by atoms with Crippen molar-refractivity contribution in [3.8, 4) is 0 Å². The minimum Gasteiger partial charge on any atom is -0.396 e. The van der Waals surface area contributed by atoms with Crippen LogP contribution >= 0.6 is 0 Å². The van der Waals surface area contributed by atoms with Crippen LogP contribution in [-0.4, -0.2) is 32.4 Å². The molecular formula is C23H25F3N4O2. The first-order chi connectivity index (χ1) is 15.3. The van der Waals surface area contributed by atoms with Gasteiger partial charge in [0.15, 0.2) is 0 Å². The summed E-state index contributed by atoms with van der Waals surface area (Å²) in [6.07, 6.45) is 1.77. The number of carbonyl (C=O) groups excluding carboxylic acids is 1. The van der Waals surface area contributed by atoms with Crippen LogP contribution in [0.4, 0.5) is 18.9 Å². The minimum atomic E-state index is -4.62. The zero-order valence-electron chi connectivity index (χ0n) is 17.7. The maximum atomic E-state index is 12.9. The second kappa shape index (κ2) is 8.90. The first-order valence-electron chi connectivity index (χ1n) is 10.8. The predicted molar refractivity (Wildman–Crippen MR) is 114 cm³/mol. The standard InChI is InChI=1S/C23H25F3N4O2/c1-2-15-10-20-16(12-30(29-20)17-8-6-14(13-31)7-9-17)11-19(15)28-22(32)18-4-3-5-21(27-18)23(24,25)26/h3-5,10-12,14,17,31H,2,6-9,13H2,1H3,(H,28,32)/t14-,17-. The van der Waals surface area contributed by atoms with Crippen LogP contribution in [0, 0.1) is 5.92 Å². The number of hydrogen-bond donors (Lipinski definition) is 2. The number of pyridine rings is 1. The third-order valence-electron chi connectivity index (χ3n) is 6.10. The van der Waals surface area contributed by atoms with Crippen LogP contribution in [0.1, 0.15) is 60.4 Å². The number of hydrogen-bond acceptors (Lipinski definition) is 4. The molecule has 1 amide bonds. The first kappa shape index (κ1) is 22.3. The highest BCUT2D eigenvalue weighted by molar-refractivity contribution is 6.04. The largest absolute Gasteiger partial charge is 0.433 e. The molecule has 9 heteroatoms. The summed E-state index contributed by atoms with van der Waals surface area (Å²) in [4.78, 5) is 16.1. The van der Waals surface area contributed by atoms with Crippen LogP contribution in [0.5, 0.6) is 0 Å². The molecule has 0 atom stereocenters. The smallest absolute Gasteiger partial charge is 0.396 e. The molecule has 0 unspecified atom stereocenters. The third kappa shape index (κ3) is 4.62. The van der Waals surface area contributed by atoms with E-state index < -0.39 is 17.8 Å². The predicted octanol–water partition coefficient (Wildman–Crippen LogP) is 4.99. The van der Waals surface area contributed by atoms with E-state index in [0.717, 1.165) is 48.2 Å². The fraction of sp³-hybridized carbons (Fsp3) is 0.435. The van der Waals surface area contributed by atoms with Crippen molar-refractivity contribution >= 4 is 22.5 Å². The lowest BCUT2D eigenvalue weighted by Gasteiger charge is -2.27. The number of rotatable bonds is 5. The van der Waals surface area contributed by atoms with E-state index in [1.54, 1.807) is 0 Å². The van der Waals surface area contributed by atoms with Crippen LogP contribution in [-0.2, 0) is 12.6 Å². The average molecular weight is 446 g/mol. The van der Waals surface area contributed by atoms with Gasteiger partial charge in [0.2, 0.25) is 0 Å². The van der Waals surface area contributed by atoms with E-state index in [4.69, 9.17) is 5.10 Å². The molecule has 32 heavy (non-hydrogen) atoms. The van der Waals surface area contributed by atoms with Gasteiger partial charge in [-0.3, -0.25) is 9.48 Å². The van der Waals surface area contributed by atoms with Crippen molar-refractivity contribution in [1.29, 1.82) is 0 Å². The van der Waals surface area contributed by atoms with Crippen molar-refractivity contribution in [3.05, 3.63) is 53.5 Å². The normalized spacial score (nSPS) is 19.3. The molecule has 1 aliphatic rings. The molecule has 0 radical (unpaired) electrons. The SMILES string of the molecule is CCc1cc2nn([C@H]3CC[C@H](CO)CC3)cc2cc1NC(=O)c1cccc(C(F)(F)F)n1. The van der Waals surface area contributed by atoms with E-state index in [1.165, 1.54) is 12.1 Å². The fourth-order valence-corrected chi connectivity index (χ4v) is 4.23. The number of nitrogens with zero attached hydrogens (tertiary/aromatic N) is 3. The Morgan fingerprint density at radius 1 is 1.22 bits per heavy atom. The van der Waals surface area contributed by atoms with E-state index in [0.29, 0.717) is 18.0 Å². The summed E-state index contributed by atoms with van der Waals surface area (Å²) in [6.45, 7) is 2.16. The van der Waals surface area contributed by atoms with Gasteiger partial charge in [-0.05, 0) is 67.9 Å². The van der Waals surface area contributed by atoms with Crippen LogP contribution in [0.15, 0.2) is 36.5 Å². The second-order valence-electron chi connectivity index (χ2n) is 8.25. The molecule has 0 aliphatic heterocycles. The van der Waals surface area contributed by atoms with E-state index in [-0.39, 0.29) is 18.3 Å². The molecule has 6 nitrogen and oxygen atoms in total. The summed E-state index contributed by atoms with van der Waals surface area (Å²) < 4.78 is 40.8. The van der Waals surface area contributed by atoms with Gasteiger partial charge in [0.25, 0.3) is 5.91 Å². The third-order valence-corrected chi connectivity index (χ3v) is 6.10. The van der Waals surface area contributed by atoms with Crippen LogP contribution in [0.25, 0.3) is 10.9 Å². The monoisotopic (exact) mass is 446 g/mol. The Labute approximate surface area is 183 Å². The van der Waals surface area contributed by atoms with Crippen LogP contribution < -0.4 is 5.32 Å². The van der Waals surface area contributed by atoms with E-state index in [1.807, 2.05) is 29.9 Å². The van der Waals surface area contributed by atoms with E-state index in [2.05, 4.69) is 10.3 Å². The Morgan fingerprint density at radius 3 is 2.62 bits per heavy atom. The van der Waals surface area contributed by atoms with Crippen molar-refractivity contribution in [2.45, 2.75) is 51.2 Å². The number of halogens is 3. The number of fused-ring (bicyclic) bond motifs is 1. The number of anilines is 1. The van der Waals surface area contributed by atoms with Crippen molar-refractivity contribution in [2.75, 3.05) is 11.9 Å². The van der Waals surface area contributed by atoms with Gasteiger partial charge in [-0.1, -0.05) is 13.0 Å². The van der Waals surface area contributed by atoms with Crippen LogP contribution in [0.2, 0.25) is 0 Å². The van der Waals surface area contributed by atoms with Gasteiger partial charge in [0, 0.05) is 23.9 Å². The number of benzene rings is 1. The molecule has 2 N–H and O–H groups in total. The number of carbonyl (C=O) groups is 1. The topological polar surface area (TPSA) is 80.0 Å². The van der Waals surface area contributed by atoms with Crippen molar-refractivity contribution in [3.63, 3.8) is 0 Å². The molecule has 170 valence electrons. The summed E-state index contributed by atoms with van der Waals surface area (Å²) >= 11 is 0. The van der Waals surface area contributed by atoms with E-state index >= 15 is 0 Å². The van der Waals surface area contributed by atoms with Gasteiger partial charge in [-0.2, -0.15) is 18.3 Å². The summed E-state index contributed by atoms with van der Waals surface area (Å²) in [5.41, 5.74) is 0.785. The molecule has 2 heterocycles. The highest BCUT2D eigenvalue weighted by Crippen LogP contribution is 2.33. The van der Waals surface area contributed by atoms with Gasteiger partial charge in [-0.15, -0.1) is 0 Å². The Bertz CT molecular complexity index is 1120. The first-order valence-corrected chi connectivity index (χ1v) is 10.8. The van der Waals surface area contributed by atoms with Gasteiger partial charge in [0.1, 0.15) is 11.4 Å². The maximum absolute atomic E-state index is 12.9. The Kier molecular flexibility index (Phi) is 6.19. The maximum Gasteiger partial charge on any atom is 0.433 e. The Hall–Kier alpha value is -2.94. The average Bonchev–Trinajstić information content (AvgIpc) is 3.21. The van der Waals surface area contributed by atoms with Crippen LogP contribution in [0.3, 0.4) is 0 Å². The molecule has 1 saturated carbocycles. The van der Waals surface area contributed by atoms with Crippen molar-refractivity contribution in [1.82, 2.24) is 14.8 Å². The zero-order valence-corrected chi connectivity index (χ0v) is 17.7. The number of aryl methyl sites for hydroxylation is 1. The van der Waals surface area contributed by atoms with Crippen molar-refractivity contribution < 1.29 is 23.1 Å². The highest BCUT2D eigenvalue weighted by atomic mass is 19.4. The minimum absolute atomic E-state index is 0.220. The Balaban J connectivity index is 1.58. The number of amides is 1. The fourth-order valence-electron chi connectivity index (χ4n) is 4.23. The summed E-state index contributed by atoms with van der Waals surface area (Å²) in [6, 6.07) is 7.24. The summed E-state index contributed by atoms with van der Waals surface area (Å²) in [5.74, 6) is -0.339. The molecule has 1 fully saturated rings. The number of aromatic nitrogens is 3. The summed E-state index contributed by atoms with van der Waals surface area (Å²) in [7, 11) is 0.